The van der Waals surface area contributed by atoms with Crippen LogP contribution in [0.3, 0.4) is 0 Å². The number of ketones is 1. The fourth-order valence-electron chi connectivity index (χ4n) is 2.54. The van der Waals surface area contributed by atoms with Crippen molar-refractivity contribution < 1.29 is 14.3 Å². The van der Waals surface area contributed by atoms with Gasteiger partial charge in [0.2, 0.25) is 5.78 Å². The van der Waals surface area contributed by atoms with Crippen molar-refractivity contribution in [3.63, 3.8) is 0 Å². The number of carbonyl (C=O) groups excluding carboxylic acids is 2. The number of ether oxygens (including phenoxy) is 1. The number of rotatable bonds is 5. The summed E-state index contributed by atoms with van der Waals surface area (Å²) in [5, 5.41) is 4.04. The molecule has 1 aromatic heterocycles. The highest BCUT2D eigenvalue weighted by Gasteiger charge is 2.22. The standard InChI is InChI=1S/C19H17ClN2O3/c1-11(25-2)19(24)22-16-14-9-8-13(20)10-15(14)21-17(16)18(23)12-6-4-3-5-7-12/h3-11,21H,1-2H3,(H,22,24). The molecule has 0 saturated carbocycles. The number of aromatic nitrogens is 1. The van der Waals surface area contributed by atoms with Gasteiger partial charge in [0, 0.05) is 28.6 Å². The van der Waals surface area contributed by atoms with Crippen LogP contribution in [0.15, 0.2) is 48.5 Å². The lowest BCUT2D eigenvalue weighted by Crippen LogP contribution is -2.27. The fraction of sp³-hybridized carbons (Fsp3) is 0.158. The summed E-state index contributed by atoms with van der Waals surface area (Å²) in [5.41, 5.74) is 1.93. The van der Waals surface area contributed by atoms with Gasteiger partial charge in [0.05, 0.1) is 5.69 Å². The normalized spacial score (nSPS) is 12.1. The second kappa shape index (κ2) is 7.09. The van der Waals surface area contributed by atoms with E-state index >= 15 is 0 Å². The van der Waals surface area contributed by atoms with E-state index in [0.717, 1.165) is 0 Å². The molecule has 25 heavy (non-hydrogen) atoms. The third-order valence-corrected chi connectivity index (χ3v) is 4.23. The monoisotopic (exact) mass is 356 g/mol. The van der Waals surface area contributed by atoms with Crippen molar-refractivity contribution in [2.24, 2.45) is 0 Å². The Labute approximate surface area is 149 Å². The molecule has 0 aliphatic heterocycles. The van der Waals surface area contributed by atoms with E-state index < -0.39 is 6.10 Å². The van der Waals surface area contributed by atoms with Crippen molar-refractivity contribution >= 4 is 39.9 Å². The Balaban J connectivity index is 2.11. The lowest BCUT2D eigenvalue weighted by atomic mass is 10.1. The van der Waals surface area contributed by atoms with Crippen LogP contribution in [0.1, 0.15) is 23.0 Å². The molecular weight excluding hydrogens is 340 g/mol. The van der Waals surface area contributed by atoms with E-state index in [0.29, 0.717) is 32.9 Å². The highest BCUT2D eigenvalue weighted by Crippen LogP contribution is 2.31. The second-order valence-corrected chi connectivity index (χ2v) is 6.06. The molecule has 3 rings (SSSR count). The van der Waals surface area contributed by atoms with Crippen molar-refractivity contribution in [3.8, 4) is 0 Å². The van der Waals surface area contributed by atoms with Crippen molar-refractivity contribution in [1.82, 2.24) is 4.98 Å². The first kappa shape index (κ1) is 17.2. The summed E-state index contributed by atoms with van der Waals surface area (Å²) in [7, 11) is 1.45. The van der Waals surface area contributed by atoms with Crippen LogP contribution in [0.5, 0.6) is 0 Å². The van der Waals surface area contributed by atoms with Crippen LogP contribution in [0.4, 0.5) is 5.69 Å². The summed E-state index contributed by atoms with van der Waals surface area (Å²) < 4.78 is 5.05. The van der Waals surface area contributed by atoms with Gasteiger partial charge >= 0.3 is 0 Å². The largest absolute Gasteiger partial charge is 0.372 e. The molecule has 1 amide bonds. The number of H-pyrrole nitrogens is 1. The van der Waals surface area contributed by atoms with Crippen molar-refractivity contribution in [2.45, 2.75) is 13.0 Å². The molecule has 0 saturated heterocycles. The highest BCUT2D eigenvalue weighted by atomic mass is 35.5. The Morgan fingerprint density at radius 1 is 1.16 bits per heavy atom. The van der Waals surface area contributed by atoms with E-state index in [1.165, 1.54) is 7.11 Å². The lowest BCUT2D eigenvalue weighted by molar-refractivity contribution is -0.124. The van der Waals surface area contributed by atoms with Gasteiger partial charge in [0.15, 0.2) is 0 Å². The number of carbonyl (C=O) groups is 2. The van der Waals surface area contributed by atoms with Crippen molar-refractivity contribution in [1.29, 1.82) is 0 Å². The molecule has 3 aromatic rings. The zero-order valence-electron chi connectivity index (χ0n) is 13.8. The zero-order valence-corrected chi connectivity index (χ0v) is 14.6. The van der Waals surface area contributed by atoms with Gasteiger partial charge < -0.3 is 15.0 Å². The predicted octanol–water partition coefficient (Wildman–Crippen LogP) is 4.03. The molecule has 0 spiro atoms. The van der Waals surface area contributed by atoms with Crippen LogP contribution in [0.25, 0.3) is 10.9 Å². The molecule has 2 aromatic carbocycles. The number of amides is 1. The molecule has 0 aliphatic rings. The maximum atomic E-state index is 12.9. The molecular formula is C19H17ClN2O3. The van der Waals surface area contributed by atoms with Gasteiger partial charge in [-0.1, -0.05) is 41.9 Å². The number of hydrogen-bond acceptors (Lipinski definition) is 3. The van der Waals surface area contributed by atoms with E-state index in [1.54, 1.807) is 49.4 Å². The van der Waals surface area contributed by atoms with E-state index in [-0.39, 0.29) is 11.7 Å². The molecule has 128 valence electrons. The summed E-state index contributed by atoms with van der Waals surface area (Å²) in [6.45, 7) is 1.64. The topological polar surface area (TPSA) is 71.2 Å². The first-order valence-electron chi connectivity index (χ1n) is 7.76. The predicted molar refractivity (Wildman–Crippen MR) is 98.3 cm³/mol. The molecule has 6 heteroatoms. The SMILES string of the molecule is COC(C)C(=O)Nc1c(C(=O)c2ccccc2)[nH]c2cc(Cl)ccc12. The summed E-state index contributed by atoms with van der Waals surface area (Å²) in [6, 6.07) is 14.1. The fourth-order valence-corrected chi connectivity index (χ4v) is 2.71. The molecule has 1 atom stereocenters. The molecule has 1 unspecified atom stereocenters. The van der Waals surface area contributed by atoms with Gasteiger partial charge in [0.25, 0.3) is 5.91 Å². The Bertz CT molecular complexity index is 934. The molecule has 0 radical (unpaired) electrons. The quantitative estimate of drug-likeness (QED) is 0.678. The van der Waals surface area contributed by atoms with Gasteiger partial charge in [-0.05, 0) is 25.1 Å². The number of nitrogens with one attached hydrogen (secondary N) is 2. The summed E-state index contributed by atoms with van der Waals surface area (Å²) in [4.78, 5) is 28.2. The number of anilines is 1. The number of methoxy groups -OCH3 is 1. The van der Waals surface area contributed by atoms with Gasteiger partial charge in [-0.15, -0.1) is 0 Å². The second-order valence-electron chi connectivity index (χ2n) is 5.63. The molecule has 5 nitrogen and oxygen atoms in total. The smallest absolute Gasteiger partial charge is 0.253 e. The van der Waals surface area contributed by atoms with Crippen LogP contribution in [-0.4, -0.2) is 29.9 Å². The van der Waals surface area contributed by atoms with E-state index in [1.807, 2.05) is 6.07 Å². The Morgan fingerprint density at radius 2 is 1.88 bits per heavy atom. The van der Waals surface area contributed by atoms with Crippen molar-refractivity contribution in [2.75, 3.05) is 12.4 Å². The van der Waals surface area contributed by atoms with Crippen LogP contribution >= 0.6 is 11.6 Å². The number of benzene rings is 2. The summed E-state index contributed by atoms with van der Waals surface area (Å²) in [6.07, 6.45) is -0.642. The van der Waals surface area contributed by atoms with Crippen molar-refractivity contribution in [3.05, 3.63) is 64.8 Å². The minimum Gasteiger partial charge on any atom is -0.372 e. The number of fused-ring (bicyclic) bond motifs is 1. The number of aromatic amines is 1. The van der Waals surface area contributed by atoms with Crippen LogP contribution in [-0.2, 0) is 9.53 Å². The third-order valence-electron chi connectivity index (χ3n) is 3.99. The molecule has 0 fully saturated rings. The average Bonchev–Trinajstić information content (AvgIpc) is 2.98. The van der Waals surface area contributed by atoms with Gasteiger partial charge in [-0.2, -0.15) is 0 Å². The van der Waals surface area contributed by atoms with Crippen LogP contribution < -0.4 is 5.32 Å². The lowest BCUT2D eigenvalue weighted by Gasteiger charge is -2.11. The maximum absolute atomic E-state index is 12.9. The minimum atomic E-state index is -0.642. The average molecular weight is 357 g/mol. The van der Waals surface area contributed by atoms with E-state index in [9.17, 15) is 9.59 Å². The Kier molecular flexibility index (Phi) is 4.88. The van der Waals surface area contributed by atoms with Gasteiger partial charge in [0.1, 0.15) is 11.8 Å². The Hall–Kier alpha value is -2.63. The molecule has 1 heterocycles. The number of hydrogen-bond donors (Lipinski definition) is 2. The molecule has 2 N–H and O–H groups in total. The zero-order chi connectivity index (χ0) is 18.0. The van der Waals surface area contributed by atoms with E-state index in [4.69, 9.17) is 16.3 Å². The highest BCUT2D eigenvalue weighted by molar-refractivity contribution is 6.31. The number of halogens is 1. The Morgan fingerprint density at radius 3 is 2.56 bits per heavy atom. The van der Waals surface area contributed by atoms with Gasteiger partial charge in [-0.3, -0.25) is 9.59 Å². The molecule has 0 bridgehead atoms. The van der Waals surface area contributed by atoms with Gasteiger partial charge in [-0.25, -0.2) is 0 Å². The summed E-state index contributed by atoms with van der Waals surface area (Å²) in [5.74, 6) is -0.547. The molecule has 0 aliphatic carbocycles. The van der Waals surface area contributed by atoms with Crippen LogP contribution in [0.2, 0.25) is 5.02 Å². The first-order valence-corrected chi connectivity index (χ1v) is 8.13. The third kappa shape index (κ3) is 3.43. The van der Waals surface area contributed by atoms with E-state index in [2.05, 4.69) is 10.3 Å². The first-order chi connectivity index (χ1) is 12.0. The minimum absolute atomic E-state index is 0.215. The van der Waals surface area contributed by atoms with Crippen LogP contribution in [0, 0.1) is 0 Å². The summed E-state index contributed by atoms with van der Waals surface area (Å²) >= 11 is 6.04. The maximum Gasteiger partial charge on any atom is 0.253 e.